The zero-order valence-electron chi connectivity index (χ0n) is 15.9. The van der Waals surface area contributed by atoms with Crippen LogP contribution in [0.25, 0.3) is 0 Å². The van der Waals surface area contributed by atoms with Crippen LogP contribution in [0, 0.1) is 5.82 Å². The molecule has 4 heteroatoms. The van der Waals surface area contributed by atoms with Gasteiger partial charge in [-0.1, -0.05) is 0 Å². The van der Waals surface area contributed by atoms with Gasteiger partial charge in [-0.05, 0) is 0 Å². The molecule has 4 aromatic carbocycles. The number of nitrogen functional groups attached to an aromatic ring is 1. The van der Waals surface area contributed by atoms with E-state index < -0.39 is 5.31 Å². The summed E-state index contributed by atoms with van der Waals surface area (Å²) in [6.45, 7) is 0. The Hall–Kier alpha value is -2.48. The third-order valence-electron chi connectivity index (χ3n) is 5.49. The Morgan fingerprint density at radius 3 is 1.41 bits per heavy atom. The van der Waals surface area contributed by atoms with Crippen molar-refractivity contribution in [2.75, 3.05) is 5.73 Å². The minimum atomic E-state index is -3.25. The van der Waals surface area contributed by atoms with Crippen molar-refractivity contribution in [3.05, 3.63) is 121 Å². The van der Waals surface area contributed by atoms with Gasteiger partial charge in [0.15, 0.2) is 0 Å². The van der Waals surface area contributed by atoms with Crippen LogP contribution in [0.5, 0.6) is 0 Å². The number of rotatable bonds is 5. The topological polar surface area (TPSA) is 26.0 Å². The second-order valence-electron chi connectivity index (χ2n) is 7.16. The first-order valence-corrected chi connectivity index (χ1v) is 13.9. The van der Waals surface area contributed by atoms with Crippen LogP contribution in [0.15, 0.2) is 109 Å². The Bertz CT molecular complexity index is 998. The van der Waals surface area contributed by atoms with Gasteiger partial charge in [0.2, 0.25) is 0 Å². The van der Waals surface area contributed by atoms with Crippen LogP contribution in [0.2, 0.25) is 0 Å². The van der Waals surface area contributed by atoms with E-state index in [0.717, 1.165) is 15.9 Å². The van der Waals surface area contributed by atoms with Crippen molar-refractivity contribution in [2.24, 2.45) is 0 Å². The Morgan fingerprint density at radius 2 is 1.03 bits per heavy atom. The van der Waals surface area contributed by atoms with Gasteiger partial charge in [0.05, 0.1) is 0 Å². The average molecular weight is 466 g/mol. The van der Waals surface area contributed by atoms with Crippen LogP contribution >= 0.6 is 20.8 Å². The molecule has 0 aliphatic rings. The van der Waals surface area contributed by atoms with E-state index in [1.807, 2.05) is 54.6 Å². The third kappa shape index (κ3) is 3.29. The molecule has 0 aliphatic carbocycles. The summed E-state index contributed by atoms with van der Waals surface area (Å²) in [6.07, 6.45) is 0.447. The van der Waals surface area contributed by atoms with Crippen LogP contribution < -0.4 is 21.6 Å². The average Bonchev–Trinajstić information content (AvgIpc) is 2.78. The molecular formula is C25H22BrFNP. The van der Waals surface area contributed by atoms with E-state index in [-0.39, 0.29) is 5.82 Å². The summed E-state index contributed by atoms with van der Waals surface area (Å²) in [5.74, 6) is -0.277. The van der Waals surface area contributed by atoms with Crippen LogP contribution in [-0.4, -0.2) is 0 Å². The molecule has 0 spiro atoms. The SMILES string of the molecule is Nc1cccc(F)c1CP(Br)(c1ccccc1)(c1ccccc1)c1ccccc1. The fraction of sp³-hybridized carbons (Fsp3) is 0.0400. The van der Waals surface area contributed by atoms with Gasteiger partial charge in [-0.15, -0.1) is 0 Å². The molecule has 2 N–H and O–H groups in total. The number of hydrogen-bond acceptors (Lipinski definition) is 1. The monoisotopic (exact) mass is 465 g/mol. The van der Waals surface area contributed by atoms with Gasteiger partial charge in [-0.25, -0.2) is 0 Å². The van der Waals surface area contributed by atoms with Gasteiger partial charge in [-0.3, -0.25) is 0 Å². The van der Waals surface area contributed by atoms with Crippen LogP contribution in [0.4, 0.5) is 10.1 Å². The van der Waals surface area contributed by atoms with E-state index in [1.165, 1.54) is 6.07 Å². The number of hydrogen-bond donors (Lipinski definition) is 1. The summed E-state index contributed by atoms with van der Waals surface area (Å²) < 4.78 is 15.0. The fourth-order valence-electron chi connectivity index (χ4n) is 3.98. The zero-order valence-corrected chi connectivity index (χ0v) is 18.4. The van der Waals surface area contributed by atoms with E-state index >= 15 is 4.39 Å². The van der Waals surface area contributed by atoms with E-state index in [4.69, 9.17) is 5.73 Å². The fourth-order valence-corrected chi connectivity index (χ4v) is 11.6. The van der Waals surface area contributed by atoms with Gasteiger partial charge in [0, 0.05) is 0 Å². The summed E-state index contributed by atoms with van der Waals surface area (Å²) in [6, 6.07) is 35.9. The summed E-state index contributed by atoms with van der Waals surface area (Å²) in [5, 5.41) is 0.160. The molecule has 0 atom stereocenters. The molecule has 4 rings (SSSR count). The van der Waals surface area contributed by atoms with E-state index in [1.54, 1.807) is 12.1 Å². The number of nitrogens with two attached hydrogens (primary N) is 1. The van der Waals surface area contributed by atoms with E-state index in [9.17, 15) is 0 Å². The zero-order chi connectivity index (χ0) is 20.3. The van der Waals surface area contributed by atoms with Gasteiger partial charge in [0.1, 0.15) is 0 Å². The quantitative estimate of drug-likeness (QED) is 0.294. The molecule has 0 bridgehead atoms. The van der Waals surface area contributed by atoms with Crippen molar-refractivity contribution in [2.45, 2.75) is 6.16 Å². The van der Waals surface area contributed by atoms with Crippen molar-refractivity contribution in [3.63, 3.8) is 0 Å². The van der Waals surface area contributed by atoms with Crippen molar-refractivity contribution in [3.8, 4) is 0 Å². The number of anilines is 1. The summed E-state index contributed by atoms with van der Waals surface area (Å²) in [5.41, 5.74) is 7.30. The van der Waals surface area contributed by atoms with Crippen LogP contribution in [0.1, 0.15) is 5.56 Å². The second-order valence-corrected chi connectivity index (χ2v) is 16.1. The van der Waals surface area contributed by atoms with Crippen LogP contribution in [0.3, 0.4) is 0 Å². The Morgan fingerprint density at radius 1 is 0.621 bits per heavy atom. The van der Waals surface area contributed by atoms with Crippen molar-refractivity contribution in [1.82, 2.24) is 0 Å². The van der Waals surface area contributed by atoms with Crippen molar-refractivity contribution in [1.29, 1.82) is 0 Å². The predicted octanol–water partition coefficient (Wildman–Crippen LogP) is 5.75. The normalized spacial score (nSPS) is 12.8. The van der Waals surface area contributed by atoms with E-state index in [0.29, 0.717) is 17.4 Å². The Balaban J connectivity index is 2.13. The predicted molar refractivity (Wildman–Crippen MR) is 129 cm³/mol. The third-order valence-corrected chi connectivity index (χ3v) is 15.0. The second kappa shape index (κ2) is 7.74. The summed E-state index contributed by atoms with van der Waals surface area (Å²) in [4.78, 5) is 0. The van der Waals surface area contributed by atoms with Gasteiger partial charge in [-0.2, -0.15) is 0 Å². The molecule has 0 aliphatic heterocycles. The maximum absolute atomic E-state index is 15.0. The molecule has 0 amide bonds. The molecule has 146 valence electrons. The van der Waals surface area contributed by atoms with Crippen LogP contribution in [-0.2, 0) is 6.16 Å². The first-order valence-electron chi connectivity index (χ1n) is 9.46. The minimum absolute atomic E-state index is 0.277. The molecule has 0 saturated carbocycles. The Labute approximate surface area is 179 Å². The van der Waals surface area contributed by atoms with E-state index in [2.05, 4.69) is 51.9 Å². The molecule has 0 heterocycles. The molecule has 0 fully saturated rings. The molecule has 0 radical (unpaired) electrons. The first kappa shape index (κ1) is 19.8. The van der Waals surface area contributed by atoms with Crippen molar-refractivity contribution >= 4 is 42.4 Å². The molecule has 29 heavy (non-hydrogen) atoms. The molecule has 0 aromatic heterocycles. The Kier molecular flexibility index (Phi) is 5.29. The summed E-state index contributed by atoms with van der Waals surface area (Å²) in [7, 11) is 0. The molecule has 0 unspecified atom stereocenters. The van der Waals surface area contributed by atoms with Gasteiger partial charge in [0.25, 0.3) is 0 Å². The maximum atomic E-state index is 15.0. The molecule has 4 aromatic rings. The molecule has 0 saturated heterocycles. The molecule has 1 nitrogen and oxygen atoms in total. The first-order chi connectivity index (χ1) is 14.0. The van der Waals surface area contributed by atoms with Crippen molar-refractivity contribution < 1.29 is 4.39 Å². The molecular weight excluding hydrogens is 444 g/mol. The number of benzene rings is 4. The summed E-state index contributed by atoms with van der Waals surface area (Å²) >= 11 is 4.33. The van der Waals surface area contributed by atoms with Gasteiger partial charge < -0.3 is 0 Å². The standard InChI is InChI=1S/C25H22BrFNP/c26-29(20-11-4-1-5-12-20,21-13-6-2-7-14-21,22-15-8-3-9-16-22)19-23-24(27)17-10-18-25(23)28/h1-18H,19,28H2. The number of halogens is 2. The van der Waals surface area contributed by atoms with Gasteiger partial charge >= 0.3 is 179 Å².